The number of hydrogen-bond donors (Lipinski definition) is 2. The molecule has 182 valence electrons. The predicted octanol–water partition coefficient (Wildman–Crippen LogP) is 4.91. The molecule has 0 atom stereocenters. The molecular formula is C25H36IN3O4. The van der Waals surface area contributed by atoms with Gasteiger partial charge in [0.05, 0.1) is 34.0 Å². The zero-order valence-corrected chi connectivity index (χ0v) is 22.3. The molecule has 2 aromatic carbocycles. The van der Waals surface area contributed by atoms with Gasteiger partial charge in [-0.1, -0.05) is 18.2 Å². The maximum atomic E-state index is 6.26. The molecular weight excluding hydrogens is 533 g/mol. The summed E-state index contributed by atoms with van der Waals surface area (Å²) in [5.74, 6) is 3.50. The minimum Gasteiger partial charge on any atom is -0.493 e. The first-order valence-corrected chi connectivity index (χ1v) is 11.2. The van der Waals surface area contributed by atoms with Crippen LogP contribution in [-0.2, 0) is 13.1 Å². The molecule has 1 saturated carbocycles. The second kappa shape index (κ2) is 14.0. The van der Waals surface area contributed by atoms with Crippen molar-refractivity contribution < 1.29 is 18.9 Å². The molecule has 7 nitrogen and oxygen atoms in total. The van der Waals surface area contributed by atoms with E-state index in [2.05, 4.69) is 22.8 Å². The zero-order chi connectivity index (χ0) is 22.8. The standard InChI is InChI=1S/C25H35N3O4.HI/c1-5-26-25(27-16-18-14-22(29-2)24(31-4)23(15-18)30-3)28-17-19-10-6-9-13-21(19)32-20-11-7-8-12-20;/h6,9-10,13-15,20H,5,7-8,11-12,16-17H2,1-4H3,(H2,26,27,28);1H. The summed E-state index contributed by atoms with van der Waals surface area (Å²) >= 11 is 0. The summed E-state index contributed by atoms with van der Waals surface area (Å²) in [6, 6.07) is 12.0. The first-order valence-electron chi connectivity index (χ1n) is 11.2. The number of hydrogen-bond acceptors (Lipinski definition) is 5. The minimum atomic E-state index is 0. The second-order valence-corrected chi connectivity index (χ2v) is 7.71. The molecule has 0 amide bonds. The lowest BCUT2D eigenvalue weighted by molar-refractivity contribution is 0.208. The Morgan fingerprint density at radius 3 is 2.21 bits per heavy atom. The number of guanidine groups is 1. The molecule has 1 aliphatic carbocycles. The molecule has 0 bridgehead atoms. The molecule has 0 heterocycles. The Hall–Kier alpha value is -2.36. The molecule has 0 saturated heterocycles. The fourth-order valence-electron chi connectivity index (χ4n) is 3.87. The maximum Gasteiger partial charge on any atom is 0.203 e. The lowest BCUT2D eigenvalue weighted by atomic mass is 10.2. The molecule has 0 unspecified atom stereocenters. The summed E-state index contributed by atoms with van der Waals surface area (Å²) in [7, 11) is 4.82. The van der Waals surface area contributed by atoms with Gasteiger partial charge in [0, 0.05) is 18.7 Å². The van der Waals surface area contributed by atoms with Crippen LogP contribution in [0.25, 0.3) is 0 Å². The van der Waals surface area contributed by atoms with Crippen LogP contribution in [0.2, 0.25) is 0 Å². The van der Waals surface area contributed by atoms with Crippen LogP contribution in [0.15, 0.2) is 41.4 Å². The first-order chi connectivity index (χ1) is 15.7. The van der Waals surface area contributed by atoms with Crippen LogP contribution in [-0.4, -0.2) is 39.9 Å². The van der Waals surface area contributed by atoms with E-state index < -0.39 is 0 Å². The van der Waals surface area contributed by atoms with E-state index in [0.29, 0.717) is 36.4 Å². The van der Waals surface area contributed by atoms with E-state index in [4.69, 9.17) is 23.9 Å². The summed E-state index contributed by atoms with van der Waals surface area (Å²) in [6.45, 7) is 3.91. The van der Waals surface area contributed by atoms with Crippen LogP contribution in [0, 0.1) is 0 Å². The van der Waals surface area contributed by atoms with Gasteiger partial charge in [-0.05, 0) is 56.4 Å². The van der Waals surface area contributed by atoms with E-state index in [9.17, 15) is 0 Å². The Balaban J connectivity index is 0.00000385. The number of rotatable bonds is 10. The number of aliphatic imine (C=N–C) groups is 1. The van der Waals surface area contributed by atoms with Gasteiger partial charge < -0.3 is 29.6 Å². The van der Waals surface area contributed by atoms with Gasteiger partial charge in [-0.3, -0.25) is 0 Å². The summed E-state index contributed by atoms with van der Waals surface area (Å²) in [5.41, 5.74) is 2.08. The summed E-state index contributed by atoms with van der Waals surface area (Å²) in [6.07, 6.45) is 5.12. The van der Waals surface area contributed by atoms with Crippen molar-refractivity contribution in [3.05, 3.63) is 47.5 Å². The number of nitrogens with zero attached hydrogens (tertiary/aromatic N) is 1. The van der Waals surface area contributed by atoms with Crippen molar-refractivity contribution in [3.63, 3.8) is 0 Å². The average molecular weight is 569 g/mol. The second-order valence-electron chi connectivity index (χ2n) is 7.71. The summed E-state index contributed by atoms with van der Waals surface area (Å²) in [4.78, 5) is 4.74. The van der Waals surface area contributed by atoms with Crippen molar-refractivity contribution in [3.8, 4) is 23.0 Å². The Morgan fingerprint density at radius 1 is 0.939 bits per heavy atom. The fraction of sp³-hybridized carbons (Fsp3) is 0.480. The zero-order valence-electron chi connectivity index (χ0n) is 20.0. The first kappa shape index (κ1) is 26.9. The minimum absolute atomic E-state index is 0. The number of halogens is 1. The molecule has 1 aliphatic rings. The predicted molar refractivity (Wildman–Crippen MR) is 142 cm³/mol. The molecule has 8 heteroatoms. The van der Waals surface area contributed by atoms with Crippen molar-refractivity contribution >= 4 is 29.9 Å². The lowest BCUT2D eigenvalue weighted by Crippen LogP contribution is -2.37. The molecule has 0 aromatic heterocycles. The Labute approximate surface area is 214 Å². The monoisotopic (exact) mass is 569 g/mol. The highest BCUT2D eigenvalue weighted by molar-refractivity contribution is 14.0. The van der Waals surface area contributed by atoms with E-state index in [1.165, 1.54) is 12.8 Å². The van der Waals surface area contributed by atoms with Crippen LogP contribution in [0.4, 0.5) is 0 Å². The third-order valence-corrected chi connectivity index (χ3v) is 5.50. The van der Waals surface area contributed by atoms with Crippen molar-refractivity contribution in [1.29, 1.82) is 0 Å². The van der Waals surface area contributed by atoms with Crippen LogP contribution < -0.4 is 29.6 Å². The number of benzene rings is 2. The van der Waals surface area contributed by atoms with Crippen molar-refractivity contribution in [1.82, 2.24) is 10.6 Å². The molecule has 3 rings (SSSR count). The van der Waals surface area contributed by atoms with Gasteiger partial charge >= 0.3 is 0 Å². The van der Waals surface area contributed by atoms with E-state index >= 15 is 0 Å². The molecule has 2 N–H and O–H groups in total. The third-order valence-electron chi connectivity index (χ3n) is 5.50. The van der Waals surface area contributed by atoms with Crippen LogP contribution in [0.1, 0.15) is 43.7 Å². The highest BCUT2D eigenvalue weighted by Gasteiger charge is 2.18. The molecule has 33 heavy (non-hydrogen) atoms. The average Bonchev–Trinajstić information content (AvgIpc) is 3.34. The molecule has 0 radical (unpaired) electrons. The van der Waals surface area contributed by atoms with E-state index in [-0.39, 0.29) is 24.0 Å². The fourth-order valence-corrected chi connectivity index (χ4v) is 3.87. The van der Waals surface area contributed by atoms with Crippen molar-refractivity contribution in [2.24, 2.45) is 4.99 Å². The van der Waals surface area contributed by atoms with Crippen LogP contribution >= 0.6 is 24.0 Å². The van der Waals surface area contributed by atoms with Crippen LogP contribution in [0.3, 0.4) is 0 Å². The smallest absolute Gasteiger partial charge is 0.203 e. The van der Waals surface area contributed by atoms with Gasteiger partial charge in [0.25, 0.3) is 0 Å². The highest BCUT2D eigenvalue weighted by Crippen LogP contribution is 2.38. The Morgan fingerprint density at radius 2 is 1.61 bits per heavy atom. The summed E-state index contributed by atoms with van der Waals surface area (Å²) in [5, 5.41) is 6.73. The van der Waals surface area contributed by atoms with Gasteiger partial charge in [-0.2, -0.15) is 0 Å². The van der Waals surface area contributed by atoms with E-state index in [1.54, 1.807) is 21.3 Å². The van der Waals surface area contributed by atoms with E-state index in [1.807, 2.05) is 31.2 Å². The van der Waals surface area contributed by atoms with Crippen molar-refractivity contribution in [2.45, 2.75) is 51.8 Å². The van der Waals surface area contributed by atoms with Crippen LogP contribution in [0.5, 0.6) is 23.0 Å². The summed E-state index contributed by atoms with van der Waals surface area (Å²) < 4.78 is 22.6. The number of methoxy groups -OCH3 is 3. The van der Waals surface area contributed by atoms with Gasteiger partial charge in [0.15, 0.2) is 17.5 Å². The normalized spacial score (nSPS) is 13.8. The van der Waals surface area contributed by atoms with Gasteiger partial charge in [0.1, 0.15) is 5.75 Å². The third kappa shape index (κ3) is 7.58. The van der Waals surface area contributed by atoms with Gasteiger partial charge in [-0.15, -0.1) is 24.0 Å². The number of para-hydroxylation sites is 1. The molecule has 1 fully saturated rings. The SMILES string of the molecule is CCNC(=NCc1cc(OC)c(OC)c(OC)c1)NCc1ccccc1OC1CCCC1.I. The van der Waals surface area contributed by atoms with Gasteiger partial charge in [0.2, 0.25) is 5.75 Å². The molecule has 0 aliphatic heterocycles. The Bertz CT molecular complexity index is 876. The van der Waals surface area contributed by atoms with E-state index in [0.717, 1.165) is 42.2 Å². The highest BCUT2D eigenvalue weighted by atomic mass is 127. The maximum absolute atomic E-state index is 6.26. The Kier molecular flexibility index (Phi) is 11.4. The number of nitrogens with one attached hydrogen (secondary N) is 2. The molecule has 0 spiro atoms. The largest absolute Gasteiger partial charge is 0.493 e. The van der Waals surface area contributed by atoms with Gasteiger partial charge in [-0.25, -0.2) is 4.99 Å². The topological polar surface area (TPSA) is 73.3 Å². The quantitative estimate of drug-likeness (QED) is 0.241. The lowest BCUT2D eigenvalue weighted by Gasteiger charge is -2.18. The van der Waals surface area contributed by atoms with Crippen molar-refractivity contribution in [2.75, 3.05) is 27.9 Å². The molecule has 2 aromatic rings. The number of ether oxygens (including phenoxy) is 4.